The number of fused-ring (bicyclic) bond motifs is 1. The molecule has 15 heavy (non-hydrogen) atoms. The van der Waals surface area contributed by atoms with Crippen LogP contribution in [0.5, 0.6) is 11.5 Å². The summed E-state index contributed by atoms with van der Waals surface area (Å²) >= 11 is 3.42. The van der Waals surface area contributed by atoms with E-state index in [0.29, 0.717) is 19.8 Å². The van der Waals surface area contributed by atoms with Crippen LogP contribution in [0.15, 0.2) is 16.6 Å². The van der Waals surface area contributed by atoms with Gasteiger partial charge < -0.3 is 9.47 Å². The zero-order chi connectivity index (χ0) is 10.7. The van der Waals surface area contributed by atoms with Gasteiger partial charge in [-0.05, 0) is 22.0 Å². The van der Waals surface area contributed by atoms with Crippen molar-refractivity contribution in [3.63, 3.8) is 0 Å². The summed E-state index contributed by atoms with van der Waals surface area (Å²) in [6.45, 7) is 1.64. The molecule has 0 aromatic heterocycles. The summed E-state index contributed by atoms with van der Waals surface area (Å²) in [7, 11) is 0. The molecule has 4 nitrogen and oxygen atoms in total. The number of rotatable bonds is 2. The second kappa shape index (κ2) is 4.83. The van der Waals surface area contributed by atoms with E-state index in [1.165, 1.54) is 0 Å². The lowest BCUT2D eigenvalue weighted by Gasteiger charge is -2.13. The van der Waals surface area contributed by atoms with E-state index in [1.807, 2.05) is 12.1 Å². The Hall–Kier alpha value is -0.780. The molecule has 0 fully saturated rings. The molecule has 0 saturated heterocycles. The molecule has 1 aromatic rings. The molecule has 82 valence electrons. The van der Waals surface area contributed by atoms with E-state index in [-0.39, 0.29) is 0 Å². The Morgan fingerprint density at radius 2 is 2.00 bits per heavy atom. The maximum atomic E-state index is 5.62. The Morgan fingerprint density at radius 3 is 2.73 bits per heavy atom. The van der Waals surface area contributed by atoms with Gasteiger partial charge in [0.1, 0.15) is 0 Å². The maximum absolute atomic E-state index is 5.62. The van der Waals surface area contributed by atoms with Crippen LogP contribution in [0.3, 0.4) is 0 Å². The topological polar surface area (TPSA) is 53.7 Å². The van der Waals surface area contributed by atoms with Crippen molar-refractivity contribution in [3.8, 4) is 11.5 Å². The molecule has 2 rings (SSSR count). The van der Waals surface area contributed by atoms with Crippen LogP contribution in [-0.4, -0.2) is 13.2 Å². The third kappa shape index (κ3) is 2.25. The van der Waals surface area contributed by atoms with Crippen molar-refractivity contribution in [1.82, 2.24) is 0 Å². The fraction of sp³-hybridized carbons (Fsp3) is 0.400. The maximum Gasteiger partial charge on any atom is 0.175 e. The van der Waals surface area contributed by atoms with Crippen LogP contribution in [0.2, 0.25) is 0 Å². The summed E-state index contributed by atoms with van der Waals surface area (Å²) in [5.74, 6) is 6.53. The number of nitrogens with two attached hydrogens (primary N) is 1. The van der Waals surface area contributed by atoms with E-state index < -0.39 is 0 Å². The summed E-state index contributed by atoms with van der Waals surface area (Å²) < 4.78 is 12.1. The van der Waals surface area contributed by atoms with Gasteiger partial charge in [-0.3, -0.25) is 4.84 Å². The van der Waals surface area contributed by atoms with Crippen LogP contribution in [0.4, 0.5) is 0 Å². The van der Waals surface area contributed by atoms with Gasteiger partial charge in [0.2, 0.25) is 0 Å². The zero-order valence-corrected chi connectivity index (χ0v) is 9.75. The van der Waals surface area contributed by atoms with Crippen LogP contribution in [0.1, 0.15) is 12.0 Å². The molecule has 0 spiro atoms. The third-order valence-electron chi connectivity index (χ3n) is 2.17. The molecule has 0 bridgehead atoms. The number of hydrogen-bond acceptors (Lipinski definition) is 4. The molecule has 1 aliphatic rings. The number of ether oxygens (including phenoxy) is 2. The Balaban J connectivity index is 2.41. The highest BCUT2D eigenvalue weighted by atomic mass is 79.9. The summed E-state index contributed by atoms with van der Waals surface area (Å²) in [5, 5.41) is 0. The molecule has 0 radical (unpaired) electrons. The minimum Gasteiger partial charge on any atom is -0.489 e. The summed E-state index contributed by atoms with van der Waals surface area (Å²) in [6.07, 6.45) is 0.879. The van der Waals surface area contributed by atoms with Crippen LogP contribution >= 0.6 is 15.9 Å². The Bertz CT molecular complexity index is 357. The molecule has 1 heterocycles. The molecule has 1 aliphatic heterocycles. The van der Waals surface area contributed by atoms with Gasteiger partial charge >= 0.3 is 0 Å². The number of benzene rings is 1. The first kappa shape index (κ1) is 10.7. The SMILES string of the molecule is NOCc1ccc(Br)c2c1OCCCO2. The lowest BCUT2D eigenvalue weighted by molar-refractivity contribution is 0.121. The van der Waals surface area contributed by atoms with E-state index in [0.717, 1.165) is 28.0 Å². The molecule has 5 heteroatoms. The third-order valence-corrected chi connectivity index (χ3v) is 2.79. The minimum absolute atomic E-state index is 0.318. The van der Waals surface area contributed by atoms with Crippen molar-refractivity contribution in [2.45, 2.75) is 13.0 Å². The monoisotopic (exact) mass is 273 g/mol. The lowest BCUT2D eigenvalue weighted by atomic mass is 10.2. The van der Waals surface area contributed by atoms with Gasteiger partial charge in [-0.1, -0.05) is 6.07 Å². The highest BCUT2D eigenvalue weighted by Gasteiger charge is 2.17. The van der Waals surface area contributed by atoms with Crippen molar-refractivity contribution in [2.75, 3.05) is 13.2 Å². The molecule has 1 aromatic carbocycles. The second-order valence-corrected chi connectivity index (χ2v) is 4.08. The van der Waals surface area contributed by atoms with Gasteiger partial charge in [0, 0.05) is 12.0 Å². The quantitative estimate of drug-likeness (QED) is 0.838. The van der Waals surface area contributed by atoms with E-state index >= 15 is 0 Å². The number of halogens is 1. The average molecular weight is 274 g/mol. The molecular formula is C10H12BrNO3. The van der Waals surface area contributed by atoms with E-state index in [4.69, 9.17) is 15.4 Å². The van der Waals surface area contributed by atoms with Crippen molar-refractivity contribution in [1.29, 1.82) is 0 Å². The highest BCUT2D eigenvalue weighted by molar-refractivity contribution is 9.10. The van der Waals surface area contributed by atoms with Crippen molar-refractivity contribution in [3.05, 3.63) is 22.2 Å². The van der Waals surface area contributed by atoms with Crippen LogP contribution in [-0.2, 0) is 11.4 Å². The predicted octanol–water partition coefficient (Wildman–Crippen LogP) is 2.00. The van der Waals surface area contributed by atoms with Crippen LogP contribution in [0.25, 0.3) is 0 Å². The average Bonchev–Trinajstić information content (AvgIpc) is 2.48. The molecule has 0 saturated carbocycles. The smallest absolute Gasteiger partial charge is 0.175 e. The predicted molar refractivity (Wildman–Crippen MR) is 58.7 cm³/mol. The normalized spacial score (nSPS) is 14.8. The second-order valence-electron chi connectivity index (χ2n) is 3.23. The van der Waals surface area contributed by atoms with Crippen LogP contribution < -0.4 is 15.4 Å². The Kier molecular flexibility index (Phi) is 3.45. The highest BCUT2D eigenvalue weighted by Crippen LogP contribution is 2.39. The molecule has 2 N–H and O–H groups in total. The first-order valence-electron chi connectivity index (χ1n) is 4.71. The van der Waals surface area contributed by atoms with Crippen molar-refractivity contribution in [2.24, 2.45) is 5.90 Å². The van der Waals surface area contributed by atoms with Gasteiger partial charge in [0.05, 0.1) is 24.3 Å². The molecule has 0 amide bonds. The van der Waals surface area contributed by atoms with Gasteiger partial charge in [-0.15, -0.1) is 0 Å². The summed E-state index contributed by atoms with van der Waals surface area (Å²) in [4.78, 5) is 4.62. The van der Waals surface area contributed by atoms with E-state index in [2.05, 4.69) is 20.8 Å². The Labute approximate surface area is 96.4 Å². The van der Waals surface area contributed by atoms with Crippen molar-refractivity contribution < 1.29 is 14.3 Å². The Morgan fingerprint density at radius 1 is 1.27 bits per heavy atom. The first-order valence-corrected chi connectivity index (χ1v) is 5.51. The number of hydrogen-bond donors (Lipinski definition) is 1. The summed E-state index contributed by atoms with van der Waals surface area (Å²) in [5.41, 5.74) is 0.901. The largest absolute Gasteiger partial charge is 0.489 e. The van der Waals surface area contributed by atoms with Gasteiger partial charge in [0.15, 0.2) is 11.5 Å². The molecule has 0 atom stereocenters. The summed E-state index contributed by atoms with van der Waals surface area (Å²) in [6, 6.07) is 3.81. The van der Waals surface area contributed by atoms with E-state index in [1.54, 1.807) is 0 Å². The molecular weight excluding hydrogens is 262 g/mol. The van der Waals surface area contributed by atoms with Crippen LogP contribution in [0, 0.1) is 0 Å². The molecule has 0 unspecified atom stereocenters. The zero-order valence-electron chi connectivity index (χ0n) is 8.16. The van der Waals surface area contributed by atoms with Gasteiger partial charge in [-0.25, -0.2) is 5.90 Å². The first-order chi connectivity index (χ1) is 7.33. The fourth-order valence-corrected chi connectivity index (χ4v) is 1.91. The fourth-order valence-electron chi connectivity index (χ4n) is 1.48. The standard InChI is InChI=1S/C10H12BrNO3/c11-8-3-2-7(6-15-12)9-10(8)14-5-1-4-13-9/h2-3H,1,4-6,12H2. The van der Waals surface area contributed by atoms with E-state index in [9.17, 15) is 0 Å². The minimum atomic E-state index is 0.318. The van der Waals surface area contributed by atoms with Crippen molar-refractivity contribution >= 4 is 15.9 Å². The van der Waals surface area contributed by atoms with Gasteiger partial charge in [0.25, 0.3) is 0 Å². The lowest BCUT2D eigenvalue weighted by Crippen LogP contribution is -2.03. The van der Waals surface area contributed by atoms with Gasteiger partial charge in [-0.2, -0.15) is 0 Å². The molecule has 0 aliphatic carbocycles.